The summed E-state index contributed by atoms with van der Waals surface area (Å²) in [6.07, 6.45) is 38.2. The Morgan fingerprint density at radius 2 is 1.21 bits per heavy atom. The SMILES string of the molecule is CCCCC/C=C\C=C/[C@@H](O)C/C=C\C/C=C/CCCC(=O)OC[C@H](COP(=O)(O)OC[C@@H](O)CO)OC(=O)CCCCCCCCCCCCCCCCC(C)C. The van der Waals surface area contributed by atoms with Gasteiger partial charge in [0.2, 0.25) is 0 Å². The van der Waals surface area contributed by atoms with Crippen molar-refractivity contribution in [3.63, 3.8) is 0 Å². The molecule has 1 unspecified atom stereocenters. The number of aliphatic hydroxyl groups excluding tert-OH is 3. The van der Waals surface area contributed by atoms with Gasteiger partial charge in [-0.1, -0.05) is 172 Å². The van der Waals surface area contributed by atoms with Crippen LogP contribution >= 0.6 is 7.82 Å². The van der Waals surface area contributed by atoms with E-state index in [1.54, 1.807) is 6.08 Å². The molecule has 0 spiro atoms. The fraction of sp³-hybridized carbons (Fsp3) is 0.783. The van der Waals surface area contributed by atoms with Crippen molar-refractivity contribution in [1.82, 2.24) is 0 Å². The highest BCUT2D eigenvalue weighted by Crippen LogP contribution is 2.43. The first-order chi connectivity index (χ1) is 28.0. The first-order valence-electron chi connectivity index (χ1n) is 22.6. The molecular weight excluding hydrogens is 759 g/mol. The Kier molecular flexibility index (Phi) is 38.8. The number of hydrogen-bond donors (Lipinski definition) is 4. The van der Waals surface area contributed by atoms with Crippen LogP contribution in [0.2, 0.25) is 0 Å². The van der Waals surface area contributed by atoms with E-state index in [2.05, 4.69) is 31.4 Å². The highest BCUT2D eigenvalue weighted by Gasteiger charge is 2.27. The zero-order chi connectivity index (χ0) is 43.0. The average Bonchev–Trinajstić information content (AvgIpc) is 3.19. The van der Waals surface area contributed by atoms with Crippen molar-refractivity contribution in [3.8, 4) is 0 Å². The van der Waals surface area contributed by atoms with Crippen molar-refractivity contribution >= 4 is 19.8 Å². The second-order valence-electron chi connectivity index (χ2n) is 15.8. The van der Waals surface area contributed by atoms with Crippen LogP contribution in [-0.4, -0.2) is 76.9 Å². The van der Waals surface area contributed by atoms with Gasteiger partial charge in [0.1, 0.15) is 12.7 Å². The van der Waals surface area contributed by atoms with Gasteiger partial charge in [0.25, 0.3) is 0 Å². The van der Waals surface area contributed by atoms with E-state index in [4.69, 9.17) is 19.1 Å². The molecule has 0 rings (SSSR count). The Morgan fingerprint density at radius 1 is 0.638 bits per heavy atom. The summed E-state index contributed by atoms with van der Waals surface area (Å²) in [4.78, 5) is 35.0. The third-order valence-corrected chi connectivity index (χ3v) is 10.4. The van der Waals surface area contributed by atoms with Gasteiger partial charge in [-0.3, -0.25) is 18.6 Å². The molecule has 0 saturated carbocycles. The Balaban J connectivity index is 4.41. The molecule has 4 atom stereocenters. The number of phosphoric ester groups is 1. The van der Waals surface area contributed by atoms with Crippen LogP contribution in [0.1, 0.15) is 181 Å². The second-order valence-corrected chi connectivity index (χ2v) is 17.2. The van der Waals surface area contributed by atoms with Gasteiger partial charge < -0.3 is 29.7 Å². The number of rotatable bonds is 41. The van der Waals surface area contributed by atoms with Crippen molar-refractivity contribution in [2.24, 2.45) is 5.92 Å². The number of aliphatic hydroxyl groups is 3. The van der Waals surface area contributed by atoms with E-state index in [9.17, 15) is 29.3 Å². The predicted octanol–water partition coefficient (Wildman–Crippen LogP) is 10.9. The normalized spacial score (nSPS) is 14.9. The summed E-state index contributed by atoms with van der Waals surface area (Å²) in [6.45, 7) is 4.54. The molecule has 0 aromatic rings. The smallest absolute Gasteiger partial charge is 0.462 e. The summed E-state index contributed by atoms with van der Waals surface area (Å²) in [5.74, 6) is -0.215. The van der Waals surface area contributed by atoms with E-state index in [0.717, 1.165) is 31.6 Å². The molecular formula is C46H83O11P. The van der Waals surface area contributed by atoms with E-state index in [1.165, 1.54) is 89.9 Å². The third-order valence-electron chi connectivity index (χ3n) is 9.49. The number of phosphoric acid groups is 1. The Morgan fingerprint density at radius 3 is 1.83 bits per heavy atom. The molecule has 4 N–H and O–H groups in total. The van der Waals surface area contributed by atoms with Gasteiger partial charge in [-0.2, -0.15) is 0 Å². The van der Waals surface area contributed by atoms with Gasteiger partial charge in [0, 0.05) is 12.8 Å². The minimum absolute atomic E-state index is 0.132. The first-order valence-corrected chi connectivity index (χ1v) is 24.1. The Bertz CT molecular complexity index is 1140. The lowest BCUT2D eigenvalue weighted by atomic mass is 10.0. The van der Waals surface area contributed by atoms with Crippen LogP contribution in [0.4, 0.5) is 0 Å². The Labute approximate surface area is 352 Å². The van der Waals surface area contributed by atoms with Gasteiger partial charge >= 0.3 is 19.8 Å². The largest absolute Gasteiger partial charge is 0.472 e. The molecule has 12 heteroatoms. The van der Waals surface area contributed by atoms with Crippen LogP contribution in [0.5, 0.6) is 0 Å². The number of esters is 2. The quantitative estimate of drug-likeness (QED) is 0.0152. The lowest BCUT2D eigenvalue weighted by Crippen LogP contribution is -2.29. The molecule has 0 aliphatic rings. The van der Waals surface area contributed by atoms with Crippen molar-refractivity contribution < 1.29 is 52.9 Å². The van der Waals surface area contributed by atoms with Gasteiger partial charge in [-0.25, -0.2) is 4.57 Å². The number of hydrogen-bond acceptors (Lipinski definition) is 10. The molecule has 0 radical (unpaired) electrons. The van der Waals surface area contributed by atoms with E-state index in [0.29, 0.717) is 32.1 Å². The minimum Gasteiger partial charge on any atom is -0.462 e. The standard InChI is InChI=1S/C46H83O11P/c1-4-5-6-7-17-23-28-33-42(48)34-29-24-19-16-21-25-30-35-45(50)54-39-44(40-56-58(52,53)55-38-43(49)37-47)57-46(51)36-31-26-20-15-13-11-9-8-10-12-14-18-22-27-32-41(2)3/h16-17,21,23-24,28-29,33,41-44,47-49H,4-15,18-20,22,25-27,30-32,34-40H2,1-3H3,(H,52,53)/b21-16+,23-17-,29-24-,33-28-/t42-,43+,44-/m1/s1. The van der Waals surface area contributed by atoms with Crippen LogP contribution < -0.4 is 0 Å². The number of ether oxygens (including phenoxy) is 2. The molecule has 0 saturated heterocycles. The predicted molar refractivity (Wildman–Crippen MR) is 234 cm³/mol. The van der Waals surface area contributed by atoms with Crippen molar-refractivity contribution in [2.45, 2.75) is 200 Å². The molecule has 0 aliphatic carbocycles. The minimum atomic E-state index is -4.65. The zero-order valence-corrected chi connectivity index (χ0v) is 37.4. The van der Waals surface area contributed by atoms with Gasteiger partial charge in [-0.05, 0) is 50.9 Å². The summed E-state index contributed by atoms with van der Waals surface area (Å²) < 4.78 is 32.7. The maximum atomic E-state index is 12.6. The molecule has 0 amide bonds. The number of carbonyl (C=O) groups excluding carboxylic acids is 2. The maximum Gasteiger partial charge on any atom is 0.472 e. The summed E-state index contributed by atoms with van der Waals surface area (Å²) in [7, 11) is -4.65. The molecule has 0 fully saturated rings. The fourth-order valence-corrected chi connectivity index (χ4v) is 6.75. The van der Waals surface area contributed by atoms with E-state index >= 15 is 0 Å². The molecule has 338 valence electrons. The van der Waals surface area contributed by atoms with Gasteiger partial charge in [0.15, 0.2) is 6.10 Å². The molecule has 0 aromatic heterocycles. The molecule has 0 heterocycles. The molecule has 58 heavy (non-hydrogen) atoms. The second kappa shape index (κ2) is 40.3. The summed E-state index contributed by atoms with van der Waals surface area (Å²) in [5, 5.41) is 28.4. The van der Waals surface area contributed by atoms with Crippen molar-refractivity contribution in [1.29, 1.82) is 0 Å². The highest BCUT2D eigenvalue weighted by molar-refractivity contribution is 7.47. The van der Waals surface area contributed by atoms with Crippen LogP contribution in [0.25, 0.3) is 0 Å². The topological polar surface area (TPSA) is 169 Å². The summed E-state index contributed by atoms with van der Waals surface area (Å²) >= 11 is 0. The molecule has 0 bridgehead atoms. The van der Waals surface area contributed by atoms with Crippen LogP contribution in [0.15, 0.2) is 48.6 Å². The molecule has 0 aliphatic heterocycles. The van der Waals surface area contributed by atoms with Crippen LogP contribution in [-0.2, 0) is 32.7 Å². The Hall–Kier alpha value is -2.11. The monoisotopic (exact) mass is 843 g/mol. The van der Waals surface area contributed by atoms with Gasteiger partial charge in [0.05, 0.1) is 25.9 Å². The van der Waals surface area contributed by atoms with Gasteiger partial charge in [-0.15, -0.1) is 0 Å². The summed E-state index contributed by atoms with van der Waals surface area (Å²) in [6, 6.07) is 0. The number of carbonyl (C=O) groups is 2. The van der Waals surface area contributed by atoms with E-state index < -0.39 is 57.9 Å². The van der Waals surface area contributed by atoms with Crippen molar-refractivity contribution in [3.05, 3.63) is 48.6 Å². The van der Waals surface area contributed by atoms with E-state index in [1.807, 2.05) is 36.5 Å². The highest BCUT2D eigenvalue weighted by atomic mass is 31.2. The first kappa shape index (κ1) is 55.9. The number of allylic oxidation sites excluding steroid dienone is 6. The average molecular weight is 843 g/mol. The zero-order valence-electron chi connectivity index (χ0n) is 36.5. The lowest BCUT2D eigenvalue weighted by Gasteiger charge is -2.20. The van der Waals surface area contributed by atoms with Crippen LogP contribution in [0, 0.1) is 5.92 Å². The van der Waals surface area contributed by atoms with Crippen molar-refractivity contribution in [2.75, 3.05) is 26.4 Å². The molecule has 0 aromatic carbocycles. The maximum absolute atomic E-state index is 12.6. The lowest BCUT2D eigenvalue weighted by molar-refractivity contribution is -0.161. The molecule has 11 nitrogen and oxygen atoms in total. The number of unbranched alkanes of at least 4 members (excludes halogenated alkanes) is 17. The van der Waals surface area contributed by atoms with Crippen LogP contribution in [0.3, 0.4) is 0 Å². The summed E-state index contributed by atoms with van der Waals surface area (Å²) in [5.41, 5.74) is 0. The third kappa shape index (κ3) is 40.7. The fourth-order valence-electron chi connectivity index (χ4n) is 5.96. The van der Waals surface area contributed by atoms with E-state index in [-0.39, 0.29) is 19.4 Å².